The minimum absolute atomic E-state index is 0.114. The maximum absolute atomic E-state index is 13.0. The molecule has 0 fully saturated rings. The molecule has 1 amide bonds. The summed E-state index contributed by atoms with van der Waals surface area (Å²) in [5.74, 6) is -2.26. The molecule has 2 aromatic carbocycles. The Bertz CT molecular complexity index is 604. The van der Waals surface area contributed by atoms with E-state index in [0.717, 1.165) is 12.1 Å². The smallest absolute Gasteiger partial charge is 0.255 e. The normalized spacial score (nSPS) is 10.0. The molecular formula is C14H9F2NO2. The first kappa shape index (κ1) is 12.9. The average Bonchev–Trinajstić information content (AvgIpc) is 2.38. The fourth-order valence-corrected chi connectivity index (χ4v) is 1.53. The fraction of sp³-hybridized carbons (Fsp3) is 0. The number of carbonyl (C=O) groups excluding carboxylic acids is 2. The highest BCUT2D eigenvalue weighted by molar-refractivity contribution is 6.04. The Morgan fingerprint density at radius 3 is 2.11 bits per heavy atom. The van der Waals surface area contributed by atoms with Gasteiger partial charge in [-0.3, -0.25) is 9.59 Å². The monoisotopic (exact) mass is 261 g/mol. The topological polar surface area (TPSA) is 46.2 Å². The van der Waals surface area contributed by atoms with Crippen molar-refractivity contribution in [2.75, 3.05) is 5.32 Å². The molecule has 2 aromatic rings. The van der Waals surface area contributed by atoms with E-state index in [1.807, 2.05) is 0 Å². The van der Waals surface area contributed by atoms with Gasteiger partial charge in [-0.05, 0) is 36.4 Å². The van der Waals surface area contributed by atoms with Crippen molar-refractivity contribution in [1.29, 1.82) is 0 Å². The van der Waals surface area contributed by atoms with Crippen LogP contribution in [-0.4, -0.2) is 12.2 Å². The second kappa shape index (κ2) is 5.39. The van der Waals surface area contributed by atoms with Crippen LogP contribution in [-0.2, 0) is 0 Å². The van der Waals surface area contributed by atoms with Gasteiger partial charge < -0.3 is 5.32 Å². The van der Waals surface area contributed by atoms with Gasteiger partial charge in [-0.15, -0.1) is 0 Å². The summed E-state index contributed by atoms with van der Waals surface area (Å²) in [5.41, 5.74) is 0.784. The molecule has 0 unspecified atom stereocenters. The summed E-state index contributed by atoms with van der Waals surface area (Å²) in [6.07, 6.45) is 0.674. The van der Waals surface area contributed by atoms with Gasteiger partial charge in [0.05, 0.1) is 0 Å². The largest absolute Gasteiger partial charge is 0.322 e. The number of benzene rings is 2. The minimum Gasteiger partial charge on any atom is -0.322 e. The van der Waals surface area contributed by atoms with Crippen molar-refractivity contribution >= 4 is 17.9 Å². The van der Waals surface area contributed by atoms with E-state index in [1.165, 1.54) is 24.3 Å². The van der Waals surface area contributed by atoms with Gasteiger partial charge in [0, 0.05) is 22.9 Å². The average molecular weight is 261 g/mol. The molecule has 0 aliphatic carbocycles. The Labute approximate surface area is 107 Å². The highest BCUT2D eigenvalue weighted by Crippen LogP contribution is 2.12. The quantitative estimate of drug-likeness (QED) is 0.863. The van der Waals surface area contributed by atoms with Crippen molar-refractivity contribution in [1.82, 2.24) is 0 Å². The van der Waals surface area contributed by atoms with Crippen LogP contribution in [0.4, 0.5) is 14.5 Å². The van der Waals surface area contributed by atoms with Gasteiger partial charge in [0.15, 0.2) is 0 Å². The van der Waals surface area contributed by atoms with Crippen LogP contribution in [0.25, 0.3) is 0 Å². The number of halogens is 2. The Morgan fingerprint density at radius 2 is 1.58 bits per heavy atom. The molecule has 1 N–H and O–H groups in total. The van der Waals surface area contributed by atoms with Crippen LogP contribution in [0.15, 0.2) is 42.5 Å². The molecule has 0 aliphatic rings. The van der Waals surface area contributed by atoms with Crippen LogP contribution in [0, 0.1) is 11.6 Å². The van der Waals surface area contributed by atoms with Crippen LogP contribution in [0.1, 0.15) is 20.7 Å². The lowest BCUT2D eigenvalue weighted by atomic mass is 10.2. The lowest BCUT2D eigenvalue weighted by Gasteiger charge is -2.05. The standard InChI is InChI=1S/C14H9F2NO2/c15-11-5-10(6-12(16)7-11)14(19)17-13-3-1-9(8-18)2-4-13/h1-8H,(H,17,19). The Kier molecular flexibility index (Phi) is 3.66. The number of hydrogen-bond donors (Lipinski definition) is 1. The van der Waals surface area contributed by atoms with E-state index in [4.69, 9.17) is 0 Å². The molecule has 0 atom stereocenters. The van der Waals surface area contributed by atoms with E-state index in [-0.39, 0.29) is 5.56 Å². The Hall–Kier alpha value is -2.56. The van der Waals surface area contributed by atoms with E-state index in [0.29, 0.717) is 23.6 Å². The zero-order chi connectivity index (χ0) is 13.8. The maximum atomic E-state index is 13.0. The molecule has 3 nitrogen and oxygen atoms in total. The maximum Gasteiger partial charge on any atom is 0.255 e. The highest BCUT2D eigenvalue weighted by Gasteiger charge is 2.09. The Balaban J connectivity index is 2.17. The Morgan fingerprint density at radius 1 is 1.00 bits per heavy atom. The third-order valence-electron chi connectivity index (χ3n) is 2.43. The summed E-state index contributed by atoms with van der Waals surface area (Å²) >= 11 is 0. The summed E-state index contributed by atoms with van der Waals surface area (Å²) in [6, 6.07) is 8.67. The van der Waals surface area contributed by atoms with Crippen LogP contribution in [0.2, 0.25) is 0 Å². The number of aldehydes is 1. The van der Waals surface area contributed by atoms with Crippen LogP contribution >= 0.6 is 0 Å². The number of anilines is 1. The second-order valence-corrected chi connectivity index (χ2v) is 3.85. The number of carbonyl (C=O) groups is 2. The van der Waals surface area contributed by atoms with Crippen LogP contribution < -0.4 is 5.32 Å². The van der Waals surface area contributed by atoms with Crippen molar-refractivity contribution in [2.45, 2.75) is 0 Å². The lowest BCUT2D eigenvalue weighted by molar-refractivity contribution is 0.102. The summed E-state index contributed by atoms with van der Waals surface area (Å²) in [5, 5.41) is 2.48. The summed E-state index contributed by atoms with van der Waals surface area (Å²) in [6.45, 7) is 0. The van der Waals surface area contributed by atoms with Gasteiger partial charge in [0.2, 0.25) is 0 Å². The minimum atomic E-state index is -0.818. The molecule has 0 aliphatic heterocycles. The molecule has 0 saturated carbocycles. The SMILES string of the molecule is O=Cc1ccc(NC(=O)c2cc(F)cc(F)c2)cc1. The van der Waals surface area contributed by atoms with Gasteiger partial charge in [0.1, 0.15) is 17.9 Å². The number of hydrogen-bond acceptors (Lipinski definition) is 2. The highest BCUT2D eigenvalue weighted by atomic mass is 19.1. The van der Waals surface area contributed by atoms with E-state index in [2.05, 4.69) is 5.32 Å². The van der Waals surface area contributed by atoms with Crippen molar-refractivity contribution in [2.24, 2.45) is 0 Å². The third kappa shape index (κ3) is 3.22. The van der Waals surface area contributed by atoms with E-state index >= 15 is 0 Å². The molecule has 19 heavy (non-hydrogen) atoms. The predicted molar refractivity (Wildman–Crippen MR) is 66.1 cm³/mol. The van der Waals surface area contributed by atoms with Gasteiger partial charge >= 0.3 is 0 Å². The first-order valence-corrected chi connectivity index (χ1v) is 5.41. The first-order valence-electron chi connectivity index (χ1n) is 5.41. The molecule has 0 saturated heterocycles. The zero-order valence-electron chi connectivity index (χ0n) is 9.69. The molecule has 0 radical (unpaired) electrons. The third-order valence-corrected chi connectivity index (χ3v) is 2.43. The molecule has 0 spiro atoms. The van der Waals surface area contributed by atoms with Crippen molar-refractivity contribution < 1.29 is 18.4 Å². The zero-order valence-corrected chi connectivity index (χ0v) is 9.69. The predicted octanol–water partition coefficient (Wildman–Crippen LogP) is 3.03. The lowest BCUT2D eigenvalue weighted by Crippen LogP contribution is -2.12. The summed E-state index contributed by atoms with van der Waals surface area (Å²) in [4.78, 5) is 22.2. The van der Waals surface area contributed by atoms with E-state index in [9.17, 15) is 18.4 Å². The molecule has 2 rings (SSSR count). The summed E-state index contributed by atoms with van der Waals surface area (Å²) in [7, 11) is 0. The van der Waals surface area contributed by atoms with Gasteiger partial charge in [-0.1, -0.05) is 0 Å². The molecule has 0 heterocycles. The molecular weight excluding hydrogens is 252 g/mol. The van der Waals surface area contributed by atoms with Crippen molar-refractivity contribution in [3.63, 3.8) is 0 Å². The number of nitrogens with one attached hydrogen (secondary N) is 1. The van der Waals surface area contributed by atoms with Crippen molar-refractivity contribution in [3.8, 4) is 0 Å². The van der Waals surface area contributed by atoms with Gasteiger partial charge in [-0.2, -0.15) is 0 Å². The number of rotatable bonds is 3. The van der Waals surface area contributed by atoms with Crippen LogP contribution in [0.5, 0.6) is 0 Å². The molecule has 0 bridgehead atoms. The molecule has 96 valence electrons. The van der Waals surface area contributed by atoms with Gasteiger partial charge in [-0.25, -0.2) is 8.78 Å². The number of amides is 1. The van der Waals surface area contributed by atoms with Crippen LogP contribution in [0.3, 0.4) is 0 Å². The summed E-state index contributed by atoms with van der Waals surface area (Å²) < 4.78 is 25.9. The first-order chi connectivity index (χ1) is 9.08. The second-order valence-electron chi connectivity index (χ2n) is 3.85. The van der Waals surface area contributed by atoms with Gasteiger partial charge in [0.25, 0.3) is 5.91 Å². The van der Waals surface area contributed by atoms with E-state index in [1.54, 1.807) is 0 Å². The molecule has 0 aromatic heterocycles. The van der Waals surface area contributed by atoms with Crippen molar-refractivity contribution in [3.05, 3.63) is 65.2 Å². The fourth-order valence-electron chi connectivity index (χ4n) is 1.53. The van der Waals surface area contributed by atoms with E-state index < -0.39 is 17.5 Å². The molecule has 5 heteroatoms.